The Morgan fingerprint density at radius 2 is 1.65 bits per heavy atom. The van der Waals surface area contributed by atoms with Crippen molar-refractivity contribution in [3.05, 3.63) is 35.9 Å². The van der Waals surface area contributed by atoms with Crippen molar-refractivity contribution < 1.29 is 9.47 Å². The standard InChI is InChI=1S/C15H18O2/c1-4-16-14-7-6-12-8-11(3)15(17-5-2)10-13(12)9-14/h6-10H,4-5H2,1-3H3. The van der Waals surface area contributed by atoms with Crippen LogP contribution in [0.5, 0.6) is 11.5 Å². The molecule has 2 rings (SSSR count). The van der Waals surface area contributed by atoms with E-state index in [0.717, 1.165) is 16.9 Å². The van der Waals surface area contributed by atoms with Crippen LogP contribution in [0.1, 0.15) is 19.4 Å². The fourth-order valence-electron chi connectivity index (χ4n) is 1.94. The van der Waals surface area contributed by atoms with Crippen LogP contribution in [0.3, 0.4) is 0 Å². The van der Waals surface area contributed by atoms with Gasteiger partial charge in [-0.1, -0.05) is 6.07 Å². The Morgan fingerprint density at radius 3 is 2.35 bits per heavy atom. The summed E-state index contributed by atoms with van der Waals surface area (Å²) in [5.74, 6) is 1.86. The zero-order valence-corrected chi connectivity index (χ0v) is 10.6. The molecule has 0 saturated carbocycles. The fourth-order valence-corrected chi connectivity index (χ4v) is 1.94. The monoisotopic (exact) mass is 230 g/mol. The van der Waals surface area contributed by atoms with E-state index in [9.17, 15) is 0 Å². The van der Waals surface area contributed by atoms with Crippen LogP contribution in [-0.4, -0.2) is 13.2 Å². The second-order valence-electron chi connectivity index (χ2n) is 3.99. The van der Waals surface area contributed by atoms with Crippen molar-refractivity contribution in [2.75, 3.05) is 13.2 Å². The van der Waals surface area contributed by atoms with Gasteiger partial charge >= 0.3 is 0 Å². The van der Waals surface area contributed by atoms with Gasteiger partial charge in [-0.15, -0.1) is 0 Å². The predicted molar refractivity (Wildman–Crippen MR) is 71.0 cm³/mol. The van der Waals surface area contributed by atoms with Crippen molar-refractivity contribution in [3.63, 3.8) is 0 Å². The Morgan fingerprint density at radius 1 is 0.882 bits per heavy atom. The predicted octanol–water partition coefficient (Wildman–Crippen LogP) is 3.95. The summed E-state index contributed by atoms with van der Waals surface area (Å²) in [7, 11) is 0. The van der Waals surface area contributed by atoms with Gasteiger partial charge in [-0.05, 0) is 61.4 Å². The van der Waals surface area contributed by atoms with Crippen LogP contribution in [0.15, 0.2) is 30.3 Å². The summed E-state index contributed by atoms with van der Waals surface area (Å²) >= 11 is 0. The van der Waals surface area contributed by atoms with Crippen molar-refractivity contribution in [2.24, 2.45) is 0 Å². The summed E-state index contributed by atoms with van der Waals surface area (Å²) in [5, 5.41) is 2.37. The lowest BCUT2D eigenvalue weighted by Crippen LogP contribution is -1.94. The number of aryl methyl sites for hydroxylation is 1. The minimum Gasteiger partial charge on any atom is -0.494 e. The molecule has 2 nitrogen and oxygen atoms in total. The first kappa shape index (κ1) is 11.8. The van der Waals surface area contributed by atoms with Crippen LogP contribution in [-0.2, 0) is 0 Å². The Labute approximate surface area is 102 Å². The van der Waals surface area contributed by atoms with E-state index in [2.05, 4.69) is 31.2 Å². The first-order valence-corrected chi connectivity index (χ1v) is 6.04. The molecule has 0 aliphatic carbocycles. The van der Waals surface area contributed by atoms with Gasteiger partial charge in [0.25, 0.3) is 0 Å². The van der Waals surface area contributed by atoms with Crippen molar-refractivity contribution in [1.29, 1.82) is 0 Å². The highest BCUT2D eigenvalue weighted by Crippen LogP contribution is 2.28. The maximum atomic E-state index is 5.60. The SMILES string of the molecule is CCOc1ccc2cc(C)c(OCC)cc2c1. The highest BCUT2D eigenvalue weighted by molar-refractivity contribution is 5.86. The lowest BCUT2D eigenvalue weighted by Gasteiger charge is -2.10. The molecule has 0 aromatic heterocycles. The maximum Gasteiger partial charge on any atom is 0.122 e. The first-order chi connectivity index (χ1) is 8.24. The van der Waals surface area contributed by atoms with E-state index >= 15 is 0 Å². The van der Waals surface area contributed by atoms with Gasteiger partial charge in [-0.3, -0.25) is 0 Å². The molecule has 0 radical (unpaired) electrons. The van der Waals surface area contributed by atoms with Crippen LogP contribution in [0.4, 0.5) is 0 Å². The normalized spacial score (nSPS) is 10.5. The summed E-state index contributed by atoms with van der Waals surface area (Å²) in [4.78, 5) is 0. The van der Waals surface area contributed by atoms with Gasteiger partial charge < -0.3 is 9.47 Å². The Kier molecular flexibility index (Phi) is 3.52. The summed E-state index contributed by atoms with van der Waals surface area (Å²) < 4.78 is 11.1. The smallest absolute Gasteiger partial charge is 0.122 e. The van der Waals surface area contributed by atoms with E-state index < -0.39 is 0 Å². The molecule has 0 heterocycles. The zero-order chi connectivity index (χ0) is 12.3. The second-order valence-corrected chi connectivity index (χ2v) is 3.99. The number of hydrogen-bond acceptors (Lipinski definition) is 2. The Balaban J connectivity index is 2.48. The lowest BCUT2D eigenvalue weighted by molar-refractivity contribution is 0.338. The molecular formula is C15H18O2. The molecule has 90 valence electrons. The number of fused-ring (bicyclic) bond motifs is 1. The van der Waals surface area contributed by atoms with E-state index in [1.807, 2.05) is 19.9 Å². The number of rotatable bonds is 4. The van der Waals surface area contributed by atoms with E-state index in [0.29, 0.717) is 13.2 Å². The molecule has 2 heteroatoms. The molecule has 2 aromatic rings. The summed E-state index contributed by atoms with van der Waals surface area (Å²) in [6.45, 7) is 7.44. The van der Waals surface area contributed by atoms with Crippen molar-refractivity contribution in [2.45, 2.75) is 20.8 Å². The fraction of sp³-hybridized carbons (Fsp3) is 0.333. The number of ether oxygens (including phenoxy) is 2. The van der Waals surface area contributed by atoms with Crippen LogP contribution < -0.4 is 9.47 Å². The molecule has 0 N–H and O–H groups in total. The Bertz CT molecular complexity index is 518. The van der Waals surface area contributed by atoms with E-state index in [1.54, 1.807) is 0 Å². The molecule has 0 aliphatic heterocycles. The van der Waals surface area contributed by atoms with E-state index in [-0.39, 0.29) is 0 Å². The van der Waals surface area contributed by atoms with Crippen LogP contribution in [0.25, 0.3) is 10.8 Å². The molecule has 0 unspecified atom stereocenters. The van der Waals surface area contributed by atoms with Gasteiger partial charge in [-0.2, -0.15) is 0 Å². The van der Waals surface area contributed by atoms with Gasteiger partial charge in [0.1, 0.15) is 11.5 Å². The topological polar surface area (TPSA) is 18.5 Å². The van der Waals surface area contributed by atoms with Crippen molar-refractivity contribution in [3.8, 4) is 11.5 Å². The molecule has 17 heavy (non-hydrogen) atoms. The minimum absolute atomic E-state index is 0.690. The number of benzene rings is 2. The zero-order valence-electron chi connectivity index (χ0n) is 10.6. The molecule has 0 aliphatic rings. The van der Waals surface area contributed by atoms with Crippen molar-refractivity contribution in [1.82, 2.24) is 0 Å². The summed E-state index contributed by atoms with van der Waals surface area (Å²) in [5.41, 5.74) is 1.17. The first-order valence-electron chi connectivity index (χ1n) is 6.04. The quantitative estimate of drug-likeness (QED) is 0.792. The highest BCUT2D eigenvalue weighted by atomic mass is 16.5. The largest absolute Gasteiger partial charge is 0.494 e. The maximum absolute atomic E-state index is 5.60. The van der Waals surface area contributed by atoms with Crippen LogP contribution in [0, 0.1) is 6.92 Å². The molecule has 0 spiro atoms. The average molecular weight is 230 g/mol. The van der Waals surface area contributed by atoms with E-state index in [4.69, 9.17) is 9.47 Å². The van der Waals surface area contributed by atoms with Crippen LogP contribution in [0.2, 0.25) is 0 Å². The molecular weight excluding hydrogens is 212 g/mol. The third-order valence-electron chi connectivity index (χ3n) is 2.72. The summed E-state index contributed by atoms with van der Waals surface area (Å²) in [6, 6.07) is 10.4. The molecule has 0 amide bonds. The molecule has 0 bridgehead atoms. The second kappa shape index (κ2) is 5.09. The van der Waals surface area contributed by atoms with Gasteiger partial charge in [0, 0.05) is 0 Å². The van der Waals surface area contributed by atoms with Gasteiger partial charge in [0.15, 0.2) is 0 Å². The van der Waals surface area contributed by atoms with Crippen LogP contribution >= 0.6 is 0 Å². The van der Waals surface area contributed by atoms with Gasteiger partial charge in [-0.25, -0.2) is 0 Å². The minimum atomic E-state index is 0.690. The molecule has 0 saturated heterocycles. The molecule has 0 atom stereocenters. The van der Waals surface area contributed by atoms with Gasteiger partial charge in [0.2, 0.25) is 0 Å². The molecule has 0 fully saturated rings. The molecule has 2 aromatic carbocycles. The summed E-state index contributed by atoms with van der Waals surface area (Å²) in [6.07, 6.45) is 0. The van der Waals surface area contributed by atoms with Crippen molar-refractivity contribution >= 4 is 10.8 Å². The van der Waals surface area contributed by atoms with E-state index in [1.165, 1.54) is 10.9 Å². The third-order valence-corrected chi connectivity index (χ3v) is 2.72. The highest BCUT2D eigenvalue weighted by Gasteiger charge is 2.03. The van der Waals surface area contributed by atoms with Gasteiger partial charge in [0.05, 0.1) is 13.2 Å². The lowest BCUT2D eigenvalue weighted by atomic mass is 10.1. The number of hydrogen-bond donors (Lipinski definition) is 0. The third kappa shape index (κ3) is 2.52. The Hall–Kier alpha value is -1.70. The average Bonchev–Trinajstić information content (AvgIpc) is 2.31.